The Morgan fingerprint density at radius 2 is 1.02 bits per heavy atom. The molecule has 0 aromatic heterocycles. The van der Waals surface area contributed by atoms with Crippen LogP contribution in [0.3, 0.4) is 0 Å². The second-order valence-corrected chi connectivity index (χ2v) is 22.8. The van der Waals surface area contributed by atoms with Gasteiger partial charge in [0, 0.05) is 12.3 Å². The van der Waals surface area contributed by atoms with E-state index >= 15 is 0 Å². The molecule has 1 heterocycles. The van der Waals surface area contributed by atoms with Crippen molar-refractivity contribution in [2.75, 3.05) is 20.1 Å². The summed E-state index contributed by atoms with van der Waals surface area (Å²) in [5, 5.41) is 0. The van der Waals surface area contributed by atoms with E-state index in [1.165, 1.54) is 193 Å². The molecular formula is C59H107NO4. The number of likely N-dealkylation sites (tertiary alicyclic amines) is 1. The number of rotatable bonds is 40. The van der Waals surface area contributed by atoms with E-state index in [1.807, 2.05) is 0 Å². The normalized spacial score (nSPS) is 25.8. The van der Waals surface area contributed by atoms with Crippen molar-refractivity contribution < 1.29 is 19.1 Å². The predicted molar refractivity (Wildman–Crippen MR) is 273 cm³/mol. The van der Waals surface area contributed by atoms with Gasteiger partial charge in [0.05, 0.1) is 5.41 Å². The van der Waals surface area contributed by atoms with E-state index in [4.69, 9.17) is 9.47 Å². The van der Waals surface area contributed by atoms with Crippen molar-refractivity contribution in [3.63, 3.8) is 0 Å². The van der Waals surface area contributed by atoms with Crippen LogP contribution < -0.4 is 0 Å². The summed E-state index contributed by atoms with van der Waals surface area (Å²) in [6.07, 6.45) is 54.2. The average Bonchev–Trinajstić information content (AvgIpc) is 4.20. The molecule has 7 unspecified atom stereocenters. The van der Waals surface area contributed by atoms with Crippen LogP contribution in [0.25, 0.3) is 0 Å². The summed E-state index contributed by atoms with van der Waals surface area (Å²) >= 11 is 0. The van der Waals surface area contributed by atoms with Crippen LogP contribution >= 0.6 is 0 Å². The Morgan fingerprint density at radius 3 is 1.47 bits per heavy atom. The van der Waals surface area contributed by atoms with Gasteiger partial charge < -0.3 is 14.4 Å². The zero-order chi connectivity index (χ0) is 45.7. The largest absolute Gasteiger partial charge is 0.462 e. The second kappa shape index (κ2) is 33.2. The van der Waals surface area contributed by atoms with E-state index in [9.17, 15) is 9.59 Å². The van der Waals surface area contributed by atoms with Gasteiger partial charge in [-0.2, -0.15) is 0 Å². The van der Waals surface area contributed by atoms with Crippen LogP contribution in [0.1, 0.15) is 278 Å². The highest BCUT2D eigenvalue weighted by atomic mass is 16.5. The number of ether oxygens (including phenoxy) is 2. The maximum absolute atomic E-state index is 13.8. The van der Waals surface area contributed by atoms with Gasteiger partial charge in [0.1, 0.15) is 12.2 Å². The molecule has 372 valence electrons. The Labute approximate surface area is 398 Å². The number of hydrogen-bond acceptors (Lipinski definition) is 5. The van der Waals surface area contributed by atoms with Gasteiger partial charge in [-0.05, 0) is 134 Å². The molecule has 0 aromatic rings. The quantitative estimate of drug-likeness (QED) is 0.0348. The van der Waals surface area contributed by atoms with Gasteiger partial charge in [-0.1, -0.05) is 200 Å². The lowest BCUT2D eigenvalue weighted by Crippen LogP contribution is -2.43. The van der Waals surface area contributed by atoms with Crippen LogP contribution in [-0.4, -0.2) is 49.2 Å². The molecule has 64 heavy (non-hydrogen) atoms. The van der Waals surface area contributed by atoms with Crippen molar-refractivity contribution in [1.82, 2.24) is 4.90 Å². The highest BCUT2D eigenvalue weighted by molar-refractivity contribution is 5.77. The van der Waals surface area contributed by atoms with E-state index in [0.717, 1.165) is 88.1 Å². The van der Waals surface area contributed by atoms with Gasteiger partial charge >= 0.3 is 11.9 Å². The summed E-state index contributed by atoms with van der Waals surface area (Å²) in [4.78, 5) is 29.7. The molecule has 4 rings (SSSR count). The maximum Gasteiger partial charge on any atom is 0.312 e. The van der Waals surface area contributed by atoms with E-state index in [0.29, 0.717) is 6.42 Å². The van der Waals surface area contributed by atoms with Gasteiger partial charge in [0.2, 0.25) is 0 Å². The first-order valence-corrected chi connectivity index (χ1v) is 29.0. The van der Waals surface area contributed by atoms with Gasteiger partial charge in [0.25, 0.3) is 0 Å². The fraction of sp³-hybridized carbons (Fsp3) is 0.932. The van der Waals surface area contributed by atoms with Crippen molar-refractivity contribution in [3.8, 4) is 0 Å². The second-order valence-electron chi connectivity index (χ2n) is 22.8. The van der Waals surface area contributed by atoms with E-state index in [-0.39, 0.29) is 36.0 Å². The number of carbonyl (C=O) groups is 2. The summed E-state index contributed by atoms with van der Waals surface area (Å²) in [6, 6.07) is 0. The van der Waals surface area contributed by atoms with Crippen molar-refractivity contribution in [2.24, 2.45) is 40.9 Å². The third-order valence-corrected chi connectivity index (χ3v) is 17.0. The lowest BCUT2D eigenvalue weighted by atomic mass is 9.80. The van der Waals surface area contributed by atoms with Crippen LogP contribution in [0.2, 0.25) is 0 Å². The number of unbranched alkanes of at least 4 members (excludes halogenated alkanes) is 20. The first kappa shape index (κ1) is 55.2. The average molecular weight is 895 g/mol. The maximum atomic E-state index is 13.8. The number of piperidine rings is 1. The summed E-state index contributed by atoms with van der Waals surface area (Å²) in [5.41, 5.74) is -0.402. The molecule has 0 radical (unpaired) electrons. The molecule has 0 N–H and O–H groups in total. The third-order valence-electron chi connectivity index (χ3n) is 17.0. The minimum atomic E-state index is -0.402. The van der Waals surface area contributed by atoms with Crippen LogP contribution in [-0.2, 0) is 19.1 Å². The molecule has 0 aromatic carbocycles. The molecule has 5 heteroatoms. The number of hydrogen-bond donors (Lipinski definition) is 0. The van der Waals surface area contributed by atoms with E-state index < -0.39 is 5.41 Å². The molecular weight excluding hydrogens is 787 g/mol. The summed E-state index contributed by atoms with van der Waals surface area (Å²) in [7, 11) is 2.14. The Hall–Kier alpha value is -1.36. The SMILES string of the molecule is CC/C=C\CC1C(CC(=O)OC(CCCCCCCCC2CC2CCCCCCCC)CCCCCCCCC2CC2CCCCCCCC)CCC1OC(=O)C1(C)CCN(C)CC1. The molecule has 0 spiro atoms. The Kier molecular flexibility index (Phi) is 28.6. The van der Waals surface area contributed by atoms with Crippen LogP contribution in [0, 0.1) is 40.9 Å². The fourth-order valence-corrected chi connectivity index (χ4v) is 12.0. The van der Waals surface area contributed by atoms with Crippen LogP contribution in [0.4, 0.5) is 0 Å². The monoisotopic (exact) mass is 894 g/mol. The predicted octanol–water partition coefficient (Wildman–Crippen LogP) is 17.3. The first-order chi connectivity index (χ1) is 31.3. The molecule has 0 bridgehead atoms. The van der Waals surface area contributed by atoms with Crippen molar-refractivity contribution in [2.45, 2.75) is 290 Å². The number of allylic oxidation sites excluding steroid dienone is 2. The molecule has 1 saturated heterocycles. The molecule has 3 aliphatic carbocycles. The van der Waals surface area contributed by atoms with Crippen molar-refractivity contribution >= 4 is 11.9 Å². The van der Waals surface area contributed by atoms with Crippen LogP contribution in [0.5, 0.6) is 0 Å². The van der Waals surface area contributed by atoms with E-state index in [1.54, 1.807) is 0 Å². The molecule has 1 aliphatic heterocycles. The lowest BCUT2D eigenvalue weighted by molar-refractivity contribution is -0.165. The fourth-order valence-electron chi connectivity index (χ4n) is 12.0. The zero-order valence-electron chi connectivity index (χ0n) is 43.3. The number of esters is 2. The minimum Gasteiger partial charge on any atom is -0.462 e. The van der Waals surface area contributed by atoms with E-state index in [2.05, 4.69) is 51.8 Å². The Bertz CT molecular complexity index is 1180. The van der Waals surface area contributed by atoms with Crippen molar-refractivity contribution in [1.29, 1.82) is 0 Å². The number of carbonyl (C=O) groups excluding carboxylic acids is 2. The minimum absolute atomic E-state index is 0.0153. The zero-order valence-corrected chi connectivity index (χ0v) is 43.3. The summed E-state index contributed by atoms with van der Waals surface area (Å²) < 4.78 is 12.8. The van der Waals surface area contributed by atoms with Crippen molar-refractivity contribution in [3.05, 3.63) is 12.2 Å². The van der Waals surface area contributed by atoms with Gasteiger partial charge in [-0.25, -0.2) is 0 Å². The Morgan fingerprint density at radius 1 is 0.578 bits per heavy atom. The molecule has 0 amide bonds. The number of nitrogens with zero attached hydrogens (tertiary/aromatic N) is 1. The highest BCUT2D eigenvalue weighted by Crippen LogP contribution is 2.47. The summed E-state index contributed by atoms with van der Waals surface area (Å²) in [6.45, 7) is 10.8. The summed E-state index contributed by atoms with van der Waals surface area (Å²) in [5.74, 6) is 4.55. The standard InChI is InChI=1S/C59H107NO4/c1-6-9-12-14-20-27-33-49-46-51(49)35-29-22-16-18-24-31-37-54(38-32-25-19-17-23-30-36-52-47-50(52)34-28-21-15-13-10-7-2)63-57(61)48-53-40-41-56(55(53)39-26-11-8-3)64-58(62)59(4)42-44-60(5)45-43-59/h11,26,49-56H,6-10,12-25,27-48H2,1-5H3/b26-11-. The topological polar surface area (TPSA) is 55.8 Å². The van der Waals surface area contributed by atoms with Gasteiger partial charge in [0.15, 0.2) is 0 Å². The Balaban J connectivity index is 1.14. The molecule has 5 nitrogen and oxygen atoms in total. The molecule has 4 fully saturated rings. The molecule has 7 atom stereocenters. The lowest BCUT2D eigenvalue weighted by Gasteiger charge is -2.37. The van der Waals surface area contributed by atoms with Gasteiger partial charge in [-0.3, -0.25) is 9.59 Å². The molecule has 4 aliphatic rings. The van der Waals surface area contributed by atoms with Crippen LogP contribution in [0.15, 0.2) is 12.2 Å². The smallest absolute Gasteiger partial charge is 0.312 e. The first-order valence-electron chi connectivity index (χ1n) is 29.0. The molecule has 3 saturated carbocycles. The third kappa shape index (κ3) is 23.1. The van der Waals surface area contributed by atoms with Gasteiger partial charge in [-0.15, -0.1) is 0 Å². The highest BCUT2D eigenvalue weighted by Gasteiger charge is 2.44.